The summed E-state index contributed by atoms with van der Waals surface area (Å²) in [5.74, 6) is 0.851. The van der Waals surface area contributed by atoms with E-state index < -0.39 is 0 Å². The first-order valence-electron chi connectivity index (χ1n) is 8.49. The minimum absolute atomic E-state index is 0.851. The third kappa shape index (κ3) is 2.78. The van der Waals surface area contributed by atoms with Gasteiger partial charge in [0, 0.05) is 41.3 Å². The molecule has 4 rings (SSSR count). The van der Waals surface area contributed by atoms with Crippen LogP contribution in [-0.4, -0.2) is 19.9 Å². The first-order chi connectivity index (χ1) is 12.3. The van der Waals surface area contributed by atoms with Crippen LogP contribution in [0.3, 0.4) is 0 Å². The number of ether oxygens (including phenoxy) is 1. The molecule has 2 heterocycles. The topological polar surface area (TPSA) is 24.8 Å². The second kappa shape index (κ2) is 6.44. The zero-order chi connectivity index (χ0) is 17.2. The molecule has 0 saturated carbocycles. The SMILES string of the molecule is CCN1C=C/C(=C/C=C2/C=Nc3ccc(OC)cc32)c2ccccc21. The molecule has 0 fully saturated rings. The largest absolute Gasteiger partial charge is 0.497 e. The van der Waals surface area contributed by atoms with E-state index in [9.17, 15) is 0 Å². The molecule has 0 bridgehead atoms. The molecule has 0 atom stereocenters. The summed E-state index contributed by atoms with van der Waals surface area (Å²) in [5.41, 5.74) is 6.91. The molecule has 0 saturated heterocycles. The Labute approximate surface area is 148 Å². The van der Waals surface area contributed by atoms with Gasteiger partial charge in [-0.15, -0.1) is 0 Å². The molecule has 3 nitrogen and oxygen atoms in total. The highest BCUT2D eigenvalue weighted by molar-refractivity contribution is 6.17. The van der Waals surface area contributed by atoms with Crippen LogP contribution in [0.25, 0.3) is 11.1 Å². The van der Waals surface area contributed by atoms with Crippen molar-refractivity contribution in [3.05, 3.63) is 78.0 Å². The summed E-state index contributed by atoms with van der Waals surface area (Å²) in [4.78, 5) is 6.75. The smallest absolute Gasteiger partial charge is 0.119 e. The van der Waals surface area contributed by atoms with Crippen molar-refractivity contribution >= 4 is 28.7 Å². The van der Waals surface area contributed by atoms with Gasteiger partial charge in [-0.2, -0.15) is 0 Å². The van der Waals surface area contributed by atoms with Crippen LogP contribution >= 0.6 is 0 Å². The third-order valence-corrected chi connectivity index (χ3v) is 4.60. The van der Waals surface area contributed by atoms with E-state index in [4.69, 9.17) is 4.74 Å². The lowest BCUT2D eigenvalue weighted by Crippen LogP contribution is -2.18. The van der Waals surface area contributed by atoms with Gasteiger partial charge in [0.15, 0.2) is 0 Å². The maximum Gasteiger partial charge on any atom is 0.119 e. The van der Waals surface area contributed by atoms with E-state index >= 15 is 0 Å². The molecule has 3 heteroatoms. The molecule has 2 aliphatic rings. The number of anilines is 1. The zero-order valence-electron chi connectivity index (χ0n) is 14.4. The zero-order valence-corrected chi connectivity index (χ0v) is 14.4. The maximum absolute atomic E-state index is 5.34. The first-order valence-corrected chi connectivity index (χ1v) is 8.49. The molecule has 0 N–H and O–H groups in total. The molecule has 25 heavy (non-hydrogen) atoms. The molecule has 0 aromatic heterocycles. The van der Waals surface area contributed by atoms with Gasteiger partial charge in [-0.3, -0.25) is 4.99 Å². The summed E-state index contributed by atoms with van der Waals surface area (Å²) in [6.45, 7) is 3.12. The van der Waals surface area contributed by atoms with Gasteiger partial charge in [-0.05, 0) is 42.8 Å². The molecule has 0 aliphatic carbocycles. The van der Waals surface area contributed by atoms with E-state index in [1.807, 2.05) is 24.4 Å². The highest BCUT2D eigenvalue weighted by Crippen LogP contribution is 2.36. The Morgan fingerprint density at radius 2 is 1.88 bits per heavy atom. The van der Waals surface area contributed by atoms with Crippen molar-refractivity contribution in [2.45, 2.75) is 6.92 Å². The van der Waals surface area contributed by atoms with E-state index in [-0.39, 0.29) is 0 Å². The molecule has 2 aliphatic heterocycles. The minimum Gasteiger partial charge on any atom is -0.497 e. The van der Waals surface area contributed by atoms with E-state index in [0.29, 0.717) is 0 Å². The second-order valence-electron chi connectivity index (χ2n) is 6.00. The quantitative estimate of drug-likeness (QED) is 0.770. The summed E-state index contributed by atoms with van der Waals surface area (Å²) < 4.78 is 5.34. The Hall–Kier alpha value is -3.07. The Bertz CT molecular complexity index is 935. The number of benzene rings is 2. The number of nitrogens with zero attached hydrogens (tertiary/aromatic N) is 2. The fraction of sp³-hybridized carbons (Fsp3) is 0.136. The van der Waals surface area contributed by atoms with Crippen LogP contribution in [0.5, 0.6) is 5.75 Å². The summed E-state index contributed by atoms with van der Waals surface area (Å²) in [6.07, 6.45) is 10.5. The predicted octanol–water partition coefficient (Wildman–Crippen LogP) is 5.23. The minimum atomic E-state index is 0.851. The first kappa shape index (κ1) is 15.5. The number of fused-ring (bicyclic) bond motifs is 2. The molecule has 2 aromatic rings. The van der Waals surface area contributed by atoms with Gasteiger partial charge >= 0.3 is 0 Å². The summed E-state index contributed by atoms with van der Waals surface area (Å²) in [5, 5.41) is 0. The van der Waals surface area contributed by atoms with Crippen molar-refractivity contribution in [3.63, 3.8) is 0 Å². The lowest BCUT2D eigenvalue weighted by Gasteiger charge is -2.26. The molecule has 0 unspecified atom stereocenters. The van der Waals surface area contributed by atoms with E-state index in [1.165, 1.54) is 16.8 Å². The van der Waals surface area contributed by atoms with Crippen LogP contribution in [0.4, 0.5) is 11.4 Å². The predicted molar refractivity (Wildman–Crippen MR) is 106 cm³/mol. The van der Waals surface area contributed by atoms with Crippen molar-refractivity contribution in [3.8, 4) is 5.75 Å². The number of allylic oxidation sites excluding steroid dienone is 5. The van der Waals surface area contributed by atoms with Crippen molar-refractivity contribution < 1.29 is 4.74 Å². The normalized spacial score (nSPS) is 17.9. The van der Waals surface area contributed by atoms with Crippen LogP contribution in [0.15, 0.2) is 71.9 Å². The number of rotatable bonds is 3. The number of aliphatic imine (C=N–C) groups is 1. The molecule has 2 aromatic carbocycles. The van der Waals surface area contributed by atoms with Crippen LogP contribution in [0.1, 0.15) is 18.1 Å². The summed E-state index contributed by atoms with van der Waals surface area (Å²) in [6, 6.07) is 14.5. The average molecular weight is 328 g/mol. The molecule has 0 amide bonds. The summed E-state index contributed by atoms with van der Waals surface area (Å²) >= 11 is 0. The Balaban J connectivity index is 1.72. The molecule has 124 valence electrons. The van der Waals surface area contributed by atoms with Gasteiger partial charge in [0.25, 0.3) is 0 Å². The molecular weight excluding hydrogens is 308 g/mol. The second-order valence-corrected chi connectivity index (χ2v) is 6.00. The number of methoxy groups -OCH3 is 1. The third-order valence-electron chi connectivity index (χ3n) is 4.60. The van der Waals surface area contributed by atoms with Crippen LogP contribution in [0, 0.1) is 0 Å². The lowest BCUT2D eigenvalue weighted by molar-refractivity contribution is 0.415. The Kier molecular flexibility index (Phi) is 3.98. The molecule has 0 radical (unpaired) electrons. The van der Waals surface area contributed by atoms with Crippen molar-refractivity contribution in [2.75, 3.05) is 18.6 Å². The molecular formula is C22H20N2O. The van der Waals surface area contributed by atoms with Crippen molar-refractivity contribution in [2.24, 2.45) is 4.99 Å². The van der Waals surface area contributed by atoms with E-state index in [0.717, 1.165) is 29.1 Å². The van der Waals surface area contributed by atoms with Crippen molar-refractivity contribution in [1.82, 2.24) is 0 Å². The van der Waals surface area contributed by atoms with Crippen LogP contribution in [-0.2, 0) is 0 Å². The fourth-order valence-corrected chi connectivity index (χ4v) is 3.24. The van der Waals surface area contributed by atoms with Gasteiger partial charge in [-0.1, -0.05) is 30.4 Å². The maximum atomic E-state index is 5.34. The number of para-hydroxylation sites is 1. The Morgan fingerprint density at radius 3 is 2.72 bits per heavy atom. The lowest BCUT2D eigenvalue weighted by atomic mass is 9.98. The van der Waals surface area contributed by atoms with Gasteiger partial charge in [-0.25, -0.2) is 0 Å². The van der Waals surface area contributed by atoms with Crippen LogP contribution < -0.4 is 9.64 Å². The average Bonchev–Trinajstić information content (AvgIpc) is 3.08. The van der Waals surface area contributed by atoms with Gasteiger partial charge in [0.1, 0.15) is 5.75 Å². The highest BCUT2D eigenvalue weighted by atomic mass is 16.5. The van der Waals surface area contributed by atoms with E-state index in [1.54, 1.807) is 7.11 Å². The monoisotopic (exact) mass is 328 g/mol. The molecule has 0 spiro atoms. The van der Waals surface area contributed by atoms with E-state index in [2.05, 4.69) is 65.5 Å². The fourth-order valence-electron chi connectivity index (χ4n) is 3.24. The van der Waals surface area contributed by atoms with Crippen LogP contribution in [0.2, 0.25) is 0 Å². The van der Waals surface area contributed by atoms with Crippen molar-refractivity contribution in [1.29, 1.82) is 0 Å². The number of hydrogen-bond donors (Lipinski definition) is 0. The highest BCUT2D eigenvalue weighted by Gasteiger charge is 2.15. The van der Waals surface area contributed by atoms with Gasteiger partial charge in [0.2, 0.25) is 0 Å². The van der Waals surface area contributed by atoms with Gasteiger partial charge in [0.05, 0.1) is 12.8 Å². The Morgan fingerprint density at radius 1 is 1.04 bits per heavy atom. The standard InChI is InChI=1S/C22H20N2O/c1-3-24-13-12-16(19-6-4-5-7-22(19)24)8-9-17-15-23-21-11-10-18(25-2)14-20(17)21/h4-15H,3H2,1-2H3/b16-8-,17-9-. The summed E-state index contributed by atoms with van der Waals surface area (Å²) in [7, 11) is 1.69. The van der Waals surface area contributed by atoms with Gasteiger partial charge < -0.3 is 9.64 Å². The number of hydrogen-bond acceptors (Lipinski definition) is 3.